The zero-order valence-electron chi connectivity index (χ0n) is 11.6. The molecule has 0 radical (unpaired) electrons. The third-order valence-corrected chi connectivity index (χ3v) is 4.92. The molecule has 0 aromatic heterocycles. The summed E-state index contributed by atoms with van der Waals surface area (Å²) in [6, 6.07) is 7.96. The van der Waals surface area contributed by atoms with E-state index in [9.17, 15) is 4.79 Å². The third kappa shape index (κ3) is 2.45. The monoisotopic (exact) mass is 292 g/mol. The molecule has 1 aromatic rings. The highest BCUT2D eigenvalue weighted by molar-refractivity contribution is 6.30. The predicted molar refractivity (Wildman–Crippen MR) is 80.4 cm³/mol. The molecule has 2 aliphatic carbocycles. The molecular formula is C16H21ClN2O. The van der Waals surface area contributed by atoms with Gasteiger partial charge in [-0.25, -0.2) is 0 Å². The van der Waals surface area contributed by atoms with Crippen LogP contribution in [-0.2, 0) is 10.3 Å². The topological polar surface area (TPSA) is 55.1 Å². The van der Waals surface area contributed by atoms with Crippen LogP contribution in [0.2, 0.25) is 5.02 Å². The second-order valence-electron chi connectivity index (χ2n) is 6.08. The summed E-state index contributed by atoms with van der Waals surface area (Å²) < 4.78 is 0. The van der Waals surface area contributed by atoms with Crippen molar-refractivity contribution in [1.29, 1.82) is 0 Å². The summed E-state index contributed by atoms with van der Waals surface area (Å²) in [6.07, 6.45) is 6.86. The molecule has 0 aliphatic heterocycles. The fraction of sp³-hybridized carbons (Fsp3) is 0.562. The standard InChI is InChI=1S/C16H21ClN2O/c17-13-9-7-12(8-10-13)16(15(18)20,11-5-6-11)19-14-3-1-2-4-14/h7-11,14,19H,1-6H2,(H2,18,20). The molecule has 20 heavy (non-hydrogen) atoms. The van der Waals surface area contributed by atoms with Gasteiger partial charge in [-0.3, -0.25) is 10.1 Å². The first-order valence-electron chi connectivity index (χ1n) is 7.46. The number of hydrogen-bond donors (Lipinski definition) is 2. The molecule has 3 N–H and O–H groups in total. The molecule has 0 saturated heterocycles. The highest BCUT2D eigenvalue weighted by Gasteiger charge is 2.52. The van der Waals surface area contributed by atoms with Crippen molar-refractivity contribution < 1.29 is 4.79 Å². The molecular weight excluding hydrogens is 272 g/mol. The van der Waals surface area contributed by atoms with E-state index in [1.807, 2.05) is 24.3 Å². The van der Waals surface area contributed by atoms with Gasteiger partial charge in [0.1, 0.15) is 5.54 Å². The second kappa shape index (κ2) is 5.38. The van der Waals surface area contributed by atoms with Crippen LogP contribution in [0.25, 0.3) is 0 Å². The van der Waals surface area contributed by atoms with Crippen LogP contribution in [0.15, 0.2) is 24.3 Å². The summed E-state index contributed by atoms with van der Waals surface area (Å²) >= 11 is 5.97. The van der Waals surface area contributed by atoms with Gasteiger partial charge >= 0.3 is 0 Å². The first kappa shape index (κ1) is 13.9. The van der Waals surface area contributed by atoms with Crippen LogP contribution in [0, 0.1) is 5.92 Å². The van der Waals surface area contributed by atoms with Crippen molar-refractivity contribution >= 4 is 17.5 Å². The minimum atomic E-state index is -0.709. The number of carbonyl (C=O) groups excluding carboxylic acids is 1. The van der Waals surface area contributed by atoms with Gasteiger partial charge in [-0.1, -0.05) is 36.6 Å². The zero-order valence-corrected chi connectivity index (χ0v) is 12.3. The minimum absolute atomic E-state index is 0.255. The molecule has 3 rings (SSSR count). The Morgan fingerprint density at radius 3 is 2.25 bits per heavy atom. The van der Waals surface area contributed by atoms with Gasteiger partial charge in [0.2, 0.25) is 5.91 Å². The molecule has 1 unspecified atom stereocenters. The van der Waals surface area contributed by atoms with E-state index in [2.05, 4.69) is 5.32 Å². The summed E-state index contributed by atoms with van der Waals surface area (Å²) in [6.45, 7) is 0. The van der Waals surface area contributed by atoms with Crippen molar-refractivity contribution in [1.82, 2.24) is 5.32 Å². The highest BCUT2D eigenvalue weighted by atomic mass is 35.5. The van der Waals surface area contributed by atoms with Crippen molar-refractivity contribution in [3.63, 3.8) is 0 Å². The number of rotatable bonds is 5. The van der Waals surface area contributed by atoms with E-state index in [4.69, 9.17) is 17.3 Å². The quantitative estimate of drug-likeness (QED) is 0.876. The Morgan fingerprint density at radius 2 is 1.75 bits per heavy atom. The number of carbonyl (C=O) groups is 1. The summed E-state index contributed by atoms with van der Waals surface area (Å²) in [7, 11) is 0. The zero-order chi connectivity index (χ0) is 14.2. The molecule has 4 heteroatoms. The molecule has 2 aliphatic rings. The minimum Gasteiger partial charge on any atom is -0.368 e. The predicted octanol–water partition coefficient (Wildman–Crippen LogP) is 2.96. The largest absolute Gasteiger partial charge is 0.368 e. The van der Waals surface area contributed by atoms with Gasteiger partial charge in [-0.15, -0.1) is 0 Å². The van der Waals surface area contributed by atoms with Crippen LogP contribution >= 0.6 is 11.6 Å². The van der Waals surface area contributed by atoms with E-state index < -0.39 is 5.54 Å². The number of primary amides is 1. The van der Waals surface area contributed by atoms with E-state index in [1.54, 1.807) is 0 Å². The van der Waals surface area contributed by atoms with Gasteiger partial charge in [0.25, 0.3) is 0 Å². The number of hydrogen-bond acceptors (Lipinski definition) is 2. The first-order chi connectivity index (χ1) is 9.63. The fourth-order valence-corrected chi connectivity index (χ4v) is 3.60. The molecule has 0 spiro atoms. The summed E-state index contributed by atoms with van der Waals surface area (Å²) in [5, 5.41) is 4.29. The van der Waals surface area contributed by atoms with E-state index in [0.717, 1.165) is 31.2 Å². The Hall–Kier alpha value is -1.06. The third-order valence-electron chi connectivity index (χ3n) is 4.66. The molecule has 1 amide bonds. The van der Waals surface area contributed by atoms with E-state index in [1.165, 1.54) is 12.8 Å². The van der Waals surface area contributed by atoms with Crippen LogP contribution in [-0.4, -0.2) is 11.9 Å². The SMILES string of the molecule is NC(=O)C(NC1CCCC1)(c1ccc(Cl)cc1)C1CC1. The lowest BCUT2D eigenvalue weighted by Crippen LogP contribution is -2.57. The van der Waals surface area contributed by atoms with Gasteiger partial charge in [-0.2, -0.15) is 0 Å². The molecule has 2 saturated carbocycles. The normalized spacial score (nSPS) is 22.6. The maximum Gasteiger partial charge on any atom is 0.242 e. The summed E-state index contributed by atoms with van der Waals surface area (Å²) in [4.78, 5) is 12.3. The molecule has 0 heterocycles. The Labute approximate surface area is 124 Å². The van der Waals surface area contributed by atoms with Crippen LogP contribution in [0.4, 0.5) is 0 Å². The Balaban J connectivity index is 1.96. The number of nitrogens with one attached hydrogen (secondary N) is 1. The number of halogens is 1. The molecule has 108 valence electrons. The van der Waals surface area contributed by atoms with Crippen molar-refractivity contribution in [2.24, 2.45) is 11.7 Å². The van der Waals surface area contributed by atoms with E-state index in [-0.39, 0.29) is 5.91 Å². The van der Waals surface area contributed by atoms with Gasteiger partial charge in [-0.05, 0) is 49.3 Å². The number of nitrogens with two attached hydrogens (primary N) is 1. The van der Waals surface area contributed by atoms with Crippen molar-refractivity contribution in [2.75, 3.05) is 0 Å². The van der Waals surface area contributed by atoms with Gasteiger partial charge < -0.3 is 5.73 Å². The average Bonchev–Trinajstić information content (AvgIpc) is 3.15. The van der Waals surface area contributed by atoms with Crippen LogP contribution in [0.1, 0.15) is 44.1 Å². The highest BCUT2D eigenvalue weighted by Crippen LogP contribution is 2.46. The van der Waals surface area contributed by atoms with E-state index in [0.29, 0.717) is 17.0 Å². The molecule has 2 fully saturated rings. The Kier molecular flexibility index (Phi) is 3.74. The van der Waals surface area contributed by atoms with Gasteiger partial charge in [0, 0.05) is 11.1 Å². The van der Waals surface area contributed by atoms with Crippen molar-refractivity contribution in [3.05, 3.63) is 34.9 Å². The van der Waals surface area contributed by atoms with Gasteiger partial charge in [0.05, 0.1) is 0 Å². The summed E-state index contributed by atoms with van der Waals surface area (Å²) in [5.74, 6) is 0.0657. The Bertz CT molecular complexity index is 492. The van der Waals surface area contributed by atoms with Crippen LogP contribution < -0.4 is 11.1 Å². The molecule has 1 atom stereocenters. The summed E-state index contributed by atoms with van der Waals surface area (Å²) in [5.41, 5.74) is 6.08. The number of amides is 1. The van der Waals surface area contributed by atoms with Crippen LogP contribution in [0.3, 0.4) is 0 Å². The average molecular weight is 293 g/mol. The fourth-order valence-electron chi connectivity index (χ4n) is 3.47. The lowest BCUT2D eigenvalue weighted by Gasteiger charge is -2.35. The maximum atomic E-state index is 12.3. The molecule has 3 nitrogen and oxygen atoms in total. The van der Waals surface area contributed by atoms with Crippen LogP contribution in [0.5, 0.6) is 0 Å². The number of benzene rings is 1. The van der Waals surface area contributed by atoms with Crippen molar-refractivity contribution in [2.45, 2.75) is 50.1 Å². The van der Waals surface area contributed by atoms with E-state index >= 15 is 0 Å². The Morgan fingerprint density at radius 1 is 1.15 bits per heavy atom. The smallest absolute Gasteiger partial charge is 0.242 e. The van der Waals surface area contributed by atoms with Crippen molar-refractivity contribution in [3.8, 4) is 0 Å². The first-order valence-corrected chi connectivity index (χ1v) is 7.84. The van der Waals surface area contributed by atoms with Gasteiger partial charge in [0.15, 0.2) is 0 Å². The second-order valence-corrected chi connectivity index (χ2v) is 6.52. The molecule has 0 bridgehead atoms. The molecule has 1 aromatic carbocycles. The lowest BCUT2D eigenvalue weighted by atomic mass is 9.83. The maximum absolute atomic E-state index is 12.3. The lowest BCUT2D eigenvalue weighted by molar-refractivity contribution is -0.126.